The van der Waals surface area contributed by atoms with Crippen LogP contribution in [-0.2, 0) is 17.8 Å². The van der Waals surface area contributed by atoms with E-state index in [1.807, 2.05) is 29.2 Å². The lowest BCUT2D eigenvalue weighted by Crippen LogP contribution is -2.39. The minimum atomic E-state index is 0.0855. The first-order valence-electron chi connectivity index (χ1n) is 8.01. The van der Waals surface area contributed by atoms with E-state index in [0.717, 1.165) is 24.4 Å². The minimum absolute atomic E-state index is 0.0855. The van der Waals surface area contributed by atoms with Crippen LogP contribution in [-0.4, -0.2) is 38.1 Å². The quantitative estimate of drug-likeness (QED) is 0.918. The van der Waals surface area contributed by atoms with Gasteiger partial charge >= 0.3 is 0 Å². The summed E-state index contributed by atoms with van der Waals surface area (Å²) < 4.78 is 10.5. The first-order valence-corrected chi connectivity index (χ1v) is 8.01. The summed E-state index contributed by atoms with van der Waals surface area (Å²) in [7, 11) is 3.21. The molecule has 0 unspecified atom stereocenters. The van der Waals surface area contributed by atoms with E-state index in [1.165, 1.54) is 11.1 Å². The van der Waals surface area contributed by atoms with E-state index in [-0.39, 0.29) is 12.5 Å². The Morgan fingerprint density at radius 2 is 1.92 bits per heavy atom. The molecular weight excluding hydrogens is 304 g/mol. The summed E-state index contributed by atoms with van der Waals surface area (Å²) in [5.74, 6) is 1.46. The molecule has 0 spiro atoms. The molecule has 1 aliphatic heterocycles. The molecule has 0 atom stereocenters. The fourth-order valence-corrected chi connectivity index (χ4v) is 2.94. The molecule has 2 aromatic carbocycles. The van der Waals surface area contributed by atoms with Crippen LogP contribution in [0, 0.1) is 0 Å². The zero-order valence-corrected chi connectivity index (χ0v) is 14.0. The summed E-state index contributed by atoms with van der Waals surface area (Å²) in [6.07, 6.45) is 0.910. The topological polar surface area (TPSA) is 50.8 Å². The molecule has 1 amide bonds. The van der Waals surface area contributed by atoms with Crippen LogP contribution in [0.5, 0.6) is 11.5 Å². The zero-order valence-electron chi connectivity index (χ0n) is 14.0. The van der Waals surface area contributed by atoms with Gasteiger partial charge in [-0.3, -0.25) is 4.79 Å². The van der Waals surface area contributed by atoms with Crippen LogP contribution in [0.3, 0.4) is 0 Å². The van der Waals surface area contributed by atoms with Gasteiger partial charge in [0.05, 0.1) is 26.5 Å². The van der Waals surface area contributed by atoms with Crippen molar-refractivity contribution in [3.8, 4) is 11.5 Å². The van der Waals surface area contributed by atoms with Crippen LogP contribution in [0.2, 0.25) is 0 Å². The Kier molecular flexibility index (Phi) is 4.89. The van der Waals surface area contributed by atoms with Crippen LogP contribution in [0.4, 0.5) is 5.69 Å². The van der Waals surface area contributed by atoms with Crippen LogP contribution in [0.25, 0.3) is 0 Å². The molecule has 0 aromatic heterocycles. The van der Waals surface area contributed by atoms with Gasteiger partial charge in [-0.1, -0.05) is 24.3 Å². The number of nitrogens with zero attached hydrogens (tertiary/aromatic N) is 1. The van der Waals surface area contributed by atoms with Gasteiger partial charge in [0, 0.05) is 19.2 Å². The molecule has 3 rings (SSSR count). The number of methoxy groups -OCH3 is 2. The van der Waals surface area contributed by atoms with E-state index in [9.17, 15) is 4.79 Å². The second kappa shape index (κ2) is 7.25. The highest BCUT2D eigenvalue weighted by molar-refractivity contribution is 5.81. The Labute approximate surface area is 142 Å². The molecule has 2 aromatic rings. The lowest BCUT2D eigenvalue weighted by Gasteiger charge is -2.29. The Morgan fingerprint density at radius 3 is 2.67 bits per heavy atom. The number of ether oxygens (including phenoxy) is 2. The number of amides is 1. The van der Waals surface area contributed by atoms with Crippen LogP contribution in [0.1, 0.15) is 11.1 Å². The summed E-state index contributed by atoms with van der Waals surface area (Å²) >= 11 is 0. The molecule has 0 radical (unpaired) electrons. The monoisotopic (exact) mass is 326 g/mol. The highest BCUT2D eigenvalue weighted by Crippen LogP contribution is 2.29. The van der Waals surface area contributed by atoms with Gasteiger partial charge in [0.1, 0.15) is 11.5 Å². The van der Waals surface area contributed by atoms with Crippen molar-refractivity contribution in [2.24, 2.45) is 0 Å². The van der Waals surface area contributed by atoms with Crippen molar-refractivity contribution >= 4 is 11.6 Å². The molecule has 5 heteroatoms. The average molecular weight is 326 g/mol. The number of anilines is 1. The van der Waals surface area contributed by atoms with Crippen LogP contribution < -0.4 is 14.8 Å². The number of carbonyl (C=O) groups is 1. The lowest BCUT2D eigenvalue weighted by atomic mass is 10.00. The molecule has 0 saturated heterocycles. The van der Waals surface area contributed by atoms with Gasteiger partial charge in [0.2, 0.25) is 5.91 Å². The summed E-state index contributed by atoms with van der Waals surface area (Å²) in [6.45, 7) is 1.68. The number of hydrogen-bond donors (Lipinski definition) is 1. The normalized spacial score (nSPS) is 13.2. The second-order valence-electron chi connectivity index (χ2n) is 5.75. The minimum Gasteiger partial charge on any atom is -0.497 e. The molecule has 0 bridgehead atoms. The second-order valence-corrected chi connectivity index (χ2v) is 5.75. The fraction of sp³-hybridized carbons (Fsp3) is 0.316. The molecule has 0 aliphatic carbocycles. The van der Waals surface area contributed by atoms with E-state index < -0.39 is 0 Å². The van der Waals surface area contributed by atoms with E-state index in [1.54, 1.807) is 20.3 Å². The Bertz CT molecular complexity index is 730. The predicted molar refractivity (Wildman–Crippen MR) is 93.6 cm³/mol. The number of nitrogens with one attached hydrogen (secondary N) is 1. The zero-order chi connectivity index (χ0) is 16.9. The van der Waals surface area contributed by atoms with E-state index in [4.69, 9.17) is 9.47 Å². The van der Waals surface area contributed by atoms with Gasteiger partial charge in [-0.2, -0.15) is 0 Å². The Hall–Kier alpha value is -2.69. The molecular formula is C19H22N2O3. The van der Waals surface area contributed by atoms with Gasteiger partial charge in [-0.15, -0.1) is 0 Å². The maximum atomic E-state index is 12.5. The Morgan fingerprint density at radius 1 is 1.12 bits per heavy atom. The number of carbonyl (C=O) groups excluding carboxylic acids is 1. The van der Waals surface area contributed by atoms with Crippen molar-refractivity contribution in [3.63, 3.8) is 0 Å². The van der Waals surface area contributed by atoms with Crippen LogP contribution >= 0.6 is 0 Å². The number of rotatable bonds is 5. The largest absolute Gasteiger partial charge is 0.497 e. The highest BCUT2D eigenvalue weighted by Gasteiger charge is 2.20. The molecule has 1 aliphatic rings. The first kappa shape index (κ1) is 16.2. The third-order valence-corrected chi connectivity index (χ3v) is 4.32. The Balaban J connectivity index is 1.62. The molecule has 24 heavy (non-hydrogen) atoms. The molecule has 126 valence electrons. The van der Waals surface area contributed by atoms with Crippen molar-refractivity contribution < 1.29 is 14.3 Å². The molecule has 1 heterocycles. The van der Waals surface area contributed by atoms with E-state index in [0.29, 0.717) is 12.3 Å². The van der Waals surface area contributed by atoms with Crippen molar-refractivity contribution in [3.05, 3.63) is 53.6 Å². The number of fused-ring (bicyclic) bond motifs is 1. The number of benzene rings is 2. The third-order valence-electron chi connectivity index (χ3n) is 4.32. The van der Waals surface area contributed by atoms with Gasteiger partial charge < -0.3 is 19.7 Å². The SMILES string of the molecule is COc1ccc(NCC(=O)N2CCc3ccccc3C2)c(OC)c1. The maximum Gasteiger partial charge on any atom is 0.242 e. The van der Waals surface area contributed by atoms with E-state index >= 15 is 0 Å². The predicted octanol–water partition coefficient (Wildman–Crippen LogP) is 2.70. The molecule has 0 saturated carbocycles. The fourth-order valence-electron chi connectivity index (χ4n) is 2.94. The smallest absolute Gasteiger partial charge is 0.242 e. The van der Waals surface area contributed by atoms with Crippen molar-refractivity contribution in [1.82, 2.24) is 4.90 Å². The average Bonchev–Trinajstić information content (AvgIpc) is 2.65. The first-order chi connectivity index (χ1) is 11.7. The van der Waals surface area contributed by atoms with Crippen molar-refractivity contribution in [1.29, 1.82) is 0 Å². The number of hydrogen-bond acceptors (Lipinski definition) is 4. The van der Waals surface area contributed by atoms with Gasteiger partial charge in [0.15, 0.2) is 0 Å². The van der Waals surface area contributed by atoms with Crippen molar-refractivity contribution in [2.75, 3.05) is 32.6 Å². The summed E-state index contributed by atoms with van der Waals surface area (Å²) in [4.78, 5) is 14.4. The standard InChI is InChI=1S/C19H22N2O3/c1-23-16-7-8-17(18(11-16)24-2)20-12-19(22)21-10-9-14-5-3-4-6-15(14)13-21/h3-8,11,20H,9-10,12-13H2,1-2H3. The molecule has 1 N–H and O–H groups in total. The molecule has 0 fully saturated rings. The summed E-state index contributed by atoms with van der Waals surface area (Å²) in [5, 5.41) is 3.16. The van der Waals surface area contributed by atoms with Gasteiger partial charge in [0.25, 0.3) is 0 Å². The van der Waals surface area contributed by atoms with Crippen LogP contribution in [0.15, 0.2) is 42.5 Å². The highest BCUT2D eigenvalue weighted by atomic mass is 16.5. The lowest BCUT2D eigenvalue weighted by molar-refractivity contribution is -0.130. The van der Waals surface area contributed by atoms with E-state index in [2.05, 4.69) is 17.4 Å². The molecule has 5 nitrogen and oxygen atoms in total. The van der Waals surface area contributed by atoms with Gasteiger partial charge in [-0.25, -0.2) is 0 Å². The van der Waals surface area contributed by atoms with Crippen molar-refractivity contribution in [2.45, 2.75) is 13.0 Å². The maximum absolute atomic E-state index is 12.5. The third kappa shape index (κ3) is 3.45. The summed E-state index contributed by atoms with van der Waals surface area (Å²) in [5.41, 5.74) is 3.36. The van der Waals surface area contributed by atoms with Gasteiger partial charge in [-0.05, 0) is 29.7 Å². The summed E-state index contributed by atoms with van der Waals surface area (Å²) in [6, 6.07) is 13.8.